The number of aromatic nitrogens is 1. The van der Waals surface area contributed by atoms with E-state index < -0.39 is 0 Å². The molecule has 4 heteroatoms. The minimum absolute atomic E-state index is 0.221. The Morgan fingerprint density at radius 2 is 1.58 bits per heavy atom. The first-order valence-electron chi connectivity index (χ1n) is 8.39. The Labute approximate surface area is 149 Å². The number of fused-ring (bicyclic) bond motifs is 4. The molecular weight excluding hydrogens is 326 g/mol. The van der Waals surface area contributed by atoms with E-state index in [9.17, 15) is 10.2 Å². The van der Waals surface area contributed by atoms with Crippen LogP contribution in [0.2, 0.25) is 0 Å². The second-order valence-electron chi connectivity index (χ2n) is 6.26. The molecular formula is C22H15NO3. The number of oxazole rings is 1. The van der Waals surface area contributed by atoms with E-state index in [1.165, 1.54) is 0 Å². The number of phenolic OH excluding ortho intramolecular Hbond substituents is 1. The predicted molar refractivity (Wildman–Crippen MR) is 102 cm³/mol. The van der Waals surface area contributed by atoms with Crippen LogP contribution in [0, 0.1) is 0 Å². The molecule has 0 radical (unpaired) electrons. The molecule has 0 saturated heterocycles. The zero-order valence-electron chi connectivity index (χ0n) is 13.8. The van der Waals surface area contributed by atoms with Crippen molar-refractivity contribution in [1.29, 1.82) is 0 Å². The van der Waals surface area contributed by atoms with Crippen LogP contribution in [0.15, 0.2) is 71.1 Å². The van der Waals surface area contributed by atoms with Gasteiger partial charge < -0.3 is 14.6 Å². The van der Waals surface area contributed by atoms with E-state index in [-0.39, 0.29) is 18.2 Å². The molecule has 0 fully saturated rings. The molecule has 126 valence electrons. The summed E-state index contributed by atoms with van der Waals surface area (Å²) in [5.74, 6) is 0.503. The van der Waals surface area contributed by atoms with E-state index in [4.69, 9.17) is 4.42 Å². The molecule has 4 aromatic carbocycles. The van der Waals surface area contributed by atoms with Crippen LogP contribution in [0.3, 0.4) is 0 Å². The molecule has 0 bridgehead atoms. The van der Waals surface area contributed by atoms with Crippen molar-refractivity contribution < 1.29 is 14.6 Å². The minimum atomic E-state index is -0.252. The molecule has 2 N–H and O–H groups in total. The van der Waals surface area contributed by atoms with Gasteiger partial charge in [-0.2, -0.15) is 0 Å². The highest BCUT2D eigenvalue weighted by Gasteiger charge is 2.17. The summed E-state index contributed by atoms with van der Waals surface area (Å²) < 4.78 is 5.72. The van der Waals surface area contributed by atoms with Crippen LogP contribution in [-0.2, 0) is 6.61 Å². The van der Waals surface area contributed by atoms with Gasteiger partial charge in [-0.15, -0.1) is 0 Å². The molecule has 0 saturated carbocycles. The number of nitrogens with zero attached hydrogens (tertiary/aromatic N) is 1. The van der Waals surface area contributed by atoms with Gasteiger partial charge in [0.15, 0.2) is 5.58 Å². The largest absolute Gasteiger partial charge is 0.507 e. The molecule has 0 aliphatic heterocycles. The number of benzene rings is 4. The van der Waals surface area contributed by atoms with Gasteiger partial charge in [0.25, 0.3) is 0 Å². The van der Waals surface area contributed by atoms with Crippen LogP contribution in [0.4, 0.5) is 0 Å². The van der Waals surface area contributed by atoms with Crippen molar-refractivity contribution in [2.75, 3.05) is 0 Å². The Hall–Kier alpha value is -3.37. The smallest absolute Gasteiger partial charge is 0.221 e. The first-order valence-corrected chi connectivity index (χ1v) is 8.39. The lowest BCUT2D eigenvalue weighted by molar-refractivity contribution is 0.244. The van der Waals surface area contributed by atoms with Crippen molar-refractivity contribution in [2.24, 2.45) is 0 Å². The molecule has 0 unspecified atom stereocenters. The molecule has 0 atom stereocenters. The molecule has 0 spiro atoms. The number of aromatic hydroxyl groups is 1. The van der Waals surface area contributed by atoms with Gasteiger partial charge in [0, 0.05) is 10.9 Å². The SMILES string of the molecule is OCc1nc2cc(-c3c(O)ccc4ccccc34)c3ccccc3c2o1. The van der Waals surface area contributed by atoms with Gasteiger partial charge in [-0.05, 0) is 33.9 Å². The Balaban J connectivity index is 1.97. The van der Waals surface area contributed by atoms with E-state index in [2.05, 4.69) is 4.98 Å². The standard InChI is InChI=1S/C22H15NO3/c24-12-20-23-18-11-17(15-7-3-4-8-16(15)22(18)26-20)21-14-6-2-1-5-13(14)9-10-19(21)25/h1-11,24-25H,12H2. The Morgan fingerprint density at radius 1 is 0.846 bits per heavy atom. The molecule has 26 heavy (non-hydrogen) atoms. The maximum Gasteiger partial charge on any atom is 0.221 e. The molecule has 0 aliphatic carbocycles. The topological polar surface area (TPSA) is 66.5 Å². The number of aliphatic hydroxyl groups is 1. The normalized spacial score (nSPS) is 11.6. The summed E-state index contributed by atoms with van der Waals surface area (Å²) in [6.07, 6.45) is 0. The van der Waals surface area contributed by atoms with Gasteiger partial charge in [0.1, 0.15) is 17.9 Å². The van der Waals surface area contributed by atoms with E-state index in [0.717, 1.165) is 32.7 Å². The number of rotatable bonds is 2. The van der Waals surface area contributed by atoms with E-state index in [1.54, 1.807) is 6.07 Å². The van der Waals surface area contributed by atoms with Gasteiger partial charge in [0.2, 0.25) is 5.89 Å². The minimum Gasteiger partial charge on any atom is -0.507 e. The van der Waals surface area contributed by atoms with Gasteiger partial charge in [-0.1, -0.05) is 54.6 Å². The molecule has 5 rings (SSSR count). The van der Waals surface area contributed by atoms with Crippen LogP contribution in [-0.4, -0.2) is 15.2 Å². The maximum atomic E-state index is 10.7. The summed E-state index contributed by atoms with van der Waals surface area (Å²) in [5, 5.41) is 23.9. The van der Waals surface area contributed by atoms with Gasteiger partial charge in [-0.25, -0.2) is 4.98 Å². The number of hydrogen-bond donors (Lipinski definition) is 2. The quantitative estimate of drug-likeness (QED) is 0.474. The highest BCUT2D eigenvalue weighted by atomic mass is 16.4. The van der Waals surface area contributed by atoms with Gasteiger partial charge in [0.05, 0.1) is 0 Å². The highest BCUT2D eigenvalue weighted by molar-refractivity contribution is 6.14. The highest BCUT2D eigenvalue weighted by Crippen LogP contribution is 2.42. The Morgan fingerprint density at radius 3 is 2.38 bits per heavy atom. The zero-order valence-corrected chi connectivity index (χ0v) is 13.8. The lowest BCUT2D eigenvalue weighted by Gasteiger charge is -2.12. The summed E-state index contributed by atoms with van der Waals surface area (Å²) in [7, 11) is 0. The van der Waals surface area contributed by atoms with Crippen molar-refractivity contribution in [1.82, 2.24) is 4.98 Å². The number of hydrogen-bond acceptors (Lipinski definition) is 4. The molecule has 1 heterocycles. The second-order valence-corrected chi connectivity index (χ2v) is 6.26. The van der Waals surface area contributed by atoms with Crippen LogP contribution in [0.25, 0.3) is 43.8 Å². The molecule has 1 aromatic heterocycles. The van der Waals surface area contributed by atoms with Crippen molar-refractivity contribution in [3.63, 3.8) is 0 Å². The Kier molecular flexibility index (Phi) is 3.20. The average molecular weight is 341 g/mol. The Bertz CT molecular complexity index is 1290. The predicted octanol–water partition coefficient (Wildman–Crippen LogP) is 5.00. The maximum absolute atomic E-state index is 10.7. The first-order chi connectivity index (χ1) is 12.8. The zero-order chi connectivity index (χ0) is 17.7. The fourth-order valence-corrected chi connectivity index (χ4v) is 3.62. The lowest BCUT2D eigenvalue weighted by Crippen LogP contribution is -1.86. The summed E-state index contributed by atoms with van der Waals surface area (Å²) >= 11 is 0. The third-order valence-electron chi connectivity index (χ3n) is 4.75. The van der Waals surface area contributed by atoms with Gasteiger partial charge >= 0.3 is 0 Å². The van der Waals surface area contributed by atoms with Crippen molar-refractivity contribution in [2.45, 2.75) is 6.61 Å². The number of phenols is 1. The summed E-state index contributed by atoms with van der Waals surface area (Å²) in [4.78, 5) is 4.38. The van der Waals surface area contributed by atoms with Crippen LogP contribution < -0.4 is 0 Å². The summed E-state index contributed by atoms with van der Waals surface area (Å²) in [6, 6.07) is 21.4. The lowest BCUT2D eigenvalue weighted by atomic mass is 9.92. The van der Waals surface area contributed by atoms with Crippen molar-refractivity contribution >= 4 is 32.6 Å². The van der Waals surface area contributed by atoms with Crippen molar-refractivity contribution in [3.8, 4) is 16.9 Å². The van der Waals surface area contributed by atoms with E-state index in [0.29, 0.717) is 11.1 Å². The fourth-order valence-electron chi connectivity index (χ4n) is 3.62. The molecule has 0 amide bonds. The monoisotopic (exact) mass is 341 g/mol. The third kappa shape index (κ3) is 2.09. The molecule has 5 aromatic rings. The summed E-state index contributed by atoms with van der Waals surface area (Å²) in [5.41, 5.74) is 2.97. The van der Waals surface area contributed by atoms with Crippen molar-refractivity contribution in [3.05, 3.63) is 72.6 Å². The van der Waals surface area contributed by atoms with Crippen LogP contribution in [0.5, 0.6) is 5.75 Å². The van der Waals surface area contributed by atoms with E-state index >= 15 is 0 Å². The van der Waals surface area contributed by atoms with Gasteiger partial charge in [-0.3, -0.25) is 0 Å². The molecule has 0 aliphatic rings. The molecule has 4 nitrogen and oxygen atoms in total. The summed E-state index contributed by atoms with van der Waals surface area (Å²) in [6.45, 7) is -0.252. The fraction of sp³-hybridized carbons (Fsp3) is 0.0455. The first kappa shape index (κ1) is 14.9. The van der Waals surface area contributed by atoms with E-state index in [1.807, 2.05) is 60.7 Å². The third-order valence-corrected chi connectivity index (χ3v) is 4.75. The van der Waals surface area contributed by atoms with Crippen LogP contribution in [0.1, 0.15) is 5.89 Å². The number of aliphatic hydroxyl groups excluding tert-OH is 1. The second kappa shape index (κ2) is 5.58. The average Bonchev–Trinajstić information content (AvgIpc) is 3.11. The van der Waals surface area contributed by atoms with Crippen LogP contribution >= 0.6 is 0 Å².